The molecule has 0 saturated carbocycles. The molecule has 0 aliphatic rings. The maximum Gasteiger partial charge on any atom is 0.0550 e. The highest BCUT2D eigenvalue weighted by Crippen LogP contribution is 2.19. The lowest BCUT2D eigenvalue weighted by Gasteiger charge is -2.21. The highest BCUT2D eigenvalue weighted by atomic mass is 16.5. The standard InChI is InChI=1S/C10H21O2/c1-5-6-9(2)10(7-11-3)8-12-4/h9H,5-8H2,1-4H3. The van der Waals surface area contributed by atoms with Crippen LogP contribution in [0.25, 0.3) is 0 Å². The first-order valence-electron chi connectivity index (χ1n) is 4.58. The summed E-state index contributed by atoms with van der Waals surface area (Å²) in [7, 11) is 3.46. The van der Waals surface area contributed by atoms with E-state index >= 15 is 0 Å². The molecule has 0 rings (SSSR count). The van der Waals surface area contributed by atoms with Crippen LogP contribution >= 0.6 is 0 Å². The minimum absolute atomic E-state index is 0.620. The predicted molar refractivity (Wildman–Crippen MR) is 51.1 cm³/mol. The molecule has 0 bridgehead atoms. The van der Waals surface area contributed by atoms with Gasteiger partial charge < -0.3 is 9.47 Å². The molecule has 0 aromatic carbocycles. The zero-order valence-electron chi connectivity index (χ0n) is 8.72. The van der Waals surface area contributed by atoms with Crippen LogP contribution in [0, 0.1) is 11.8 Å². The molecule has 0 spiro atoms. The average Bonchev–Trinajstić information content (AvgIpc) is 2.04. The van der Waals surface area contributed by atoms with E-state index in [1.807, 2.05) is 0 Å². The van der Waals surface area contributed by atoms with E-state index in [-0.39, 0.29) is 0 Å². The minimum Gasteiger partial charge on any atom is -0.384 e. The Hall–Kier alpha value is -0.0800. The Morgan fingerprint density at radius 3 is 2.00 bits per heavy atom. The Labute approximate surface area is 76.3 Å². The third-order valence-corrected chi connectivity index (χ3v) is 2.08. The Morgan fingerprint density at radius 1 is 1.17 bits per heavy atom. The van der Waals surface area contributed by atoms with Crippen LogP contribution in [-0.2, 0) is 9.47 Å². The van der Waals surface area contributed by atoms with E-state index in [4.69, 9.17) is 9.47 Å². The molecule has 0 aliphatic heterocycles. The highest BCUT2D eigenvalue weighted by Gasteiger charge is 2.16. The zero-order valence-corrected chi connectivity index (χ0v) is 8.72. The van der Waals surface area contributed by atoms with E-state index in [2.05, 4.69) is 13.8 Å². The molecule has 0 N–H and O–H groups in total. The summed E-state index contributed by atoms with van der Waals surface area (Å²) in [6.07, 6.45) is 2.44. The summed E-state index contributed by atoms with van der Waals surface area (Å²) in [5, 5.41) is 0. The van der Waals surface area contributed by atoms with Gasteiger partial charge in [0.05, 0.1) is 13.2 Å². The van der Waals surface area contributed by atoms with Crippen molar-refractivity contribution in [3.05, 3.63) is 5.92 Å². The second kappa shape index (κ2) is 7.56. The molecule has 0 fully saturated rings. The van der Waals surface area contributed by atoms with Gasteiger partial charge in [0.1, 0.15) is 0 Å². The van der Waals surface area contributed by atoms with Gasteiger partial charge in [0.15, 0.2) is 0 Å². The monoisotopic (exact) mass is 173 g/mol. The highest BCUT2D eigenvalue weighted by molar-refractivity contribution is 4.94. The van der Waals surface area contributed by atoms with Crippen LogP contribution < -0.4 is 0 Å². The Kier molecular flexibility index (Phi) is 7.51. The molecule has 73 valence electrons. The van der Waals surface area contributed by atoms with Crippen molar-refractivity contribution in [1.29, 1.82) is 0 Å². The minimum atomic E-state index is 0.620. The molecular formula is C10H21O2. The van der Waals surface area contributed by atoms with E-state index in [1.54, 1.807) is 14.2 Å². The number of ether oxygens (including phenoxy) is 2. The maximum absolute atomic E-state index is 5.11. The SMILES string of the molecule is CCCC(C)[C](COC)COC. The predicted octanol–water partition coefficient (Wildman–Crippen LogP) is 2.29. The van der Waals surface area contributed by atoms with E-state index in [9.17, 15) is 0 Å². The summed E-state index contributed by atoms with van der Waals surface area (Å²) in [6, 6.07) is 0. The summed E-state index contributed by atoms with van der Waals surface area (Å²) in [4.78, 5) is 0. The van der Waals surface area contributed by atoms with Crippen LogP contribution in [0.4, 0.5) is 0 Å². The summed E-state index contributed by atoms with van der Waals surface area (Å²) < 4.78 is 10.2. The normalized spacial score (nSPS) is 13.8. The van der Waals surface area contributed by atoms with Crippen molar-refractivity contribution in [2.24, 2.45) is 5.92 Å². The largest absolute Gasteiger partial charge is 0.384 e. The number of hydrogen-bond donors (Lipinski definition) is 0. The lowest BCUT2D eigenvalue weighted by atomic mass is 9.91. The average molecular weight is 173 g/mol. The summed E-state index contributed by atoms with van der Waals surface area (Å²) in [6.45, 7) is 5.90. The van der Waals surface area contributed by atoms with E-state index in [0.717, 1.165) is 13.2 Å². The lowest BCUT2D eigenvalue weighted by molar-refractivity contribution is 0.138. The van der Waals surface area contributed by atoms with Crippen molar-refractivity contribution in [2.75, 3.05) is 27.4 Å². The molecule has 0 aromatic heterocycles. The van der Waals surface area contributed by atoms with E-state index in [1.165, 1.54) is 18.8 Å². The van der Waals surface area contributed by atoms with Gasteiger partial charge in [-0.05, 0) is 5.92 Å². The van der Waals surface area contributed by atoms with Gasteiger partial charge in [-0.2, -0.15) is 0 Å². The Balaban J connectivity index is 3.72. The smallest absolute Gasteiger partial charge is 0.0550 e. The molecule has 12 heavy (non-hydrogen) atoms. The van der Waals surface area contributed by atoms with E-state index < -0.39 is 0 Å². The molecule has 2 nitrogen and oxygen atoms in total. The first-order chi connectivity index (χ1) is 5.76. The molecule has 0 saturated heterocycles. The third-order valence-electron chi connectivity index (χ3n) is 2.08. The second-order valence-corrected chi connectivity index (χ2v) is 3.21. The van der Waals surface area contributed by atoms with Crippen LogP contribution in [0.3, 0.4) is 0 Å². The fourth-order valence-corrected chi connectivity index (χ4v) is 1.33. The number of rotatable bonds is 7. The van der Waals surface area contributed by atoms with Crippen molar-refractivity contribution in [3.63, 3.8) is 0 Å². The van der Waals surface area contributed by atoms with Crippen molar-refractivity contribution in [3.8, 4) is 0 Å². The van der Waals surface area contributed by atoms with Crippen LogP contribution in [-0.4, -0.2) is 27.4 Å². The van der Waals surface area contributed by atoms with Crippen molar-refractivity contribution in [2.45, 2.75) is 26.7 Å². The van der Waals surface area contributed by atoms with E-state index in [0.29, 0.717) is 5.92 Å². The maximum atomic E-state index is 5.11. The first kappa shape index (κ1) is 11.9. The summed E-state index contributed by atoms with van der Waals surface area (Å²) in [5.41, 5.74) is 0. The topological polar surface area (TPSA) is 18.5 Å². The third kappa shape index (κ3) is 4.73. The Bertz CT molecular complexity index is 87.8. The first-order valence-corrected chi connectivity index (χ1v) is 4.58. The van der Waals surface area contributed by atoms with Gasteiger partial charge in [-0.25, -0.2) is 0 Å². The molecular weight excluding hydrogens is 152 g/mol. The van der Waals surface area contributed by atoms with Crippen LogP contribution in [0.2, 0.25) is 0 Å². The van der Waals surface area contributed by atoms with Gasteiger partial charge in [-0.1, -0.05) is 26.7 Å². The van der Waals surface area contributed by atoms with Gasteiger partial charge in [-0.3, -0.25) is 0 Å². The van der Waals surface area contributed by atoms with Crippen LogP contribution in [0.1, 0.15) is 26.7 Å². The second-order valence-electron chi connectivity index (χ2n) is 3.21. The number of hydrogen-bond acceptors (Lipinski definition) is 2. The molecule has 1 radical (unpaired) electrons. The van der Waals surface area contributed by atoms with Crippen molar-refractivity contribution < 1.29 is 9.47 Å². The molecule has 1 unspecified atom stereocenters. The quantitative estimate of drug-likeness (QED) is 0.588. The van der Waals surface area contributed by atoms with Gasteiger partial charge in [-0.15, -0.1) is 0 Å². The fraction of sp³-hybridized carbons (Fsp3) is 0.900. The Morgan fingerprint density at radius 2 is 1.67 bits per heavy atom. The molecule has 0 aromatic rings. The molecule has 0 heterocycles. The molecule has 0 amide bonds. The van der Waals surface area contributed by atoms with Gasteiger partial charge in [0.2, 0.25) is 0 Å². The zero-order chi connectivity index (χ0) is 9.40. The van der Waals surface area contributed by atoms with Crippen LogP contribution in [0.5, 0.6) is 0 Å². The molecule has 1 atom stereocenters. The van der Waals surface area contributed by atoms with Crippen molar-refractivity contribution >= 4 is 0 Å². The molecule has 0 aliphatic carbocycles. The summed E-state index contributed by atoms with van der Waals surface area (Å²) >= 11 is 0. The lowest BCUT2D eigenvalue weighted by Crippen LogP contribution is -2.19. The molecule has 2 heteroatoms. The van der Waals surface area contributed by atoms with Gasteiger partial charge >= 0.3 is 0 Å². The van der Waals surface area contributed by atoms with Gasteiger partial charge in [0, 0.05) is 20.1 Å². The van der Waals surface area contributed by atoms with Crippen LogP contribution in [0.15, 0.2) is 0 Å². The van der Waals surface area contributed by atoms with Crippen molar-refractivity contribution in [1.82, 2.24) is 0 Å². The number of methoxy groups -OCH3 is 2. The fourth-order valence-electron chi connectivity index (χ4n) is 1.33. The van der Waals surface area contributed by atoms with Gasteiger partial charge in [0.25, 0.3) is 0 Å². The summed E-state index contributed by atoms with van der Waals surface area (Å²) in [5.74, 6) is 1.98.